The van der Waals surface area contributed by atoms with Crippen LogP contribution in [0, 0.1) is 17.8 Å². The Morgan fingerprint density at radius 1 is 1.18 bits per heavy atom. The molecule has 0 radical (unpaired) electrons. The Labute approximate surface area is 143 Å². The van der Waals surface area contributed by atoms with Crippen molar-refractivity contribution in [3.63, 3.8) is 0 Å². The van der Waals surface area contributed by atoms with Crippen molar-refractivity contribution in [2.24, 2.45) is 17.8 Å². The number of rotatable bonds is 2. The second-order valence-electron chi connectivity index (χ2n) is 7.64. The number of benzene rings is 1. The first-order valence-corrected chi connectivity index (χ1v) is 9.13. The summed E-state index contributed by atoms with van der Waals surface area (Å²) in [5.41, 5.74) is 1.28. The topological polar surface area (TPSA) is 15.3 Å². The molecule has 1 aromatic carbocycles. The lowest BCUT2D eigenvalue weighted by atomic mass is 9.52. The van der Waals surface area contributed by atoms with Crippen molar-refractivity contribution >= 4 is 34.6 Å². The summed E-state index contributed by atoms with van der Waals surface area (Å²) in [4.78, 5) is 2.37. The zero-order valence-corrected chi connectivity index (χ0v) is 14.6. The molecule has 1 aromatic rings. The van der Waals surface area contributed by atoms with Gasteiger partial charge >= 0.3 is 0 Å². The molecule has 4 heteroatoms. The summed E-state index contributed by atoms with van der Waals surface area (Å²) in [6.45, 7) is 0. The van der Waals surface area contributed by atoms with Crippen molar-refractivity contribution < 1.29 is 0 Å². The van der Waals surface area contributed by atoms with Gasteiger partial charge in [-0.3, -0.25) is 0 Å². The van der Waals surface area contributed by atoms with E-state index in [-0.39, 0.29) is 0 Å². The van der Waals surface area contributed by atoms with Crippen LogP contribution in [0.1, 0.15) is 38.5 Å². The van der Waals surface area contributed by atoms with E-state index in [0.29, 0.717) is 5.54 Å². The molecule has 0 heterocycles. The third-order valence-corrected chi connectivity index (χ3v) is 6.71. The third kappa shape index (κ3) is 2.52. The van der Waals surface area contributed by atoms with Gasteiger partial charge < -0.3 is 10.2 Å². The maximum Gasteiger partial charge on any atom is 0.173 e. The minimum atomic E-state index is 0.303. The number of anilines is 1. The molecular weight excluding hydrogens is 312 g/mol. The van der Waals surface area contributed by atoms with Gasteiger partial charge in [0.2, 0.25) is 0 Å². The normalized spacial score (nSPS) is 35.5. The van der Waals surface area contributed by atoms with E-state index in [2.05, 4.69) is 17.3 Å². The number of halogens is 1. The Morgan fingerprint density at radius 2 is 1.77 bits per heavy atom. The van der Waals surface area contributed by atoms with Crippen molar-refractivity contribution in [3.8, 4) is 0 Å². The molecule has 0 aliphatic heterocycles. The van der Waals surface area contributed by atoms with Crippen molar-refractivity contribution in [3.05, 3.63) is 29.3 Å². The summed E-state index contributed by atoms with van der Waals surface area (Å²) in [6.07, 6.45) is 8.36. The average molecular weight is 335 g/mol. The van der Waals surface area contributed by atoms with Gasteiger partial charge in [0, 0.05) is 23.3 Å². The molecule has 0 aromatic heterocycles. The van der Waals surface area contributed by atoms with Crippen LogP contribution in [0.3, 0.4) is 0 Å². The van der Waals surface area contributed by atoms with E-state index in [4.69, 9.17) is 23.8 Å². The Kier molecular flexibility index (Phi) is 3.61. The molecule has 4 saturated carbocycles. The van der Waals surface area contributed by atoms with Crippen LogP contribution in [0.5, 0.6) is 0 Å². The van der Waals surface area contributed by atoms with Crippen LogP contribution < -0.4 is 5.32 Å². The highest BCUT2D eigenvalue weighted by Gasteiger charge is 2.53. The molecule has 0 saturated heterocycles. The standard InChI is InChI=1S/C18H23ClN2S/c1-21(17(22)20-16-4-2-3-15(19)8-16)18-9-12-5-13(10-18)7-14(6-12)11-18/h2-4,8,12-14H,5-7,9-11H2,1H3,(H,20,22). The number of nitrogens with one attached hydrogen (secondary N) is 1. The van der Waals surface area contributed by atoms with Crippen molar-refractivity contribution in [2.45, 2.75) is 44.1 Å². The molecule has 1 N–H and O–H groups in total. The Bertz CT molecular complexity index is 565. The molecule has 4 fully saturated rings. The van der Waals surface area contributed by atoms with Gasteiger partial charge in [-0.2, -0.15) is 0 Å². The summed E-state index contributed by atoms with van der Waals surface area (Å²) in [7, 11) is 2.19. The molecule has 4 bridgehead atoms. The van der Waals surface area contributed by atoms with Gasteiger partial charge in [0.05, 0.1) is 0 Å². The Morgan fingerprint density at radius 3 is 2.32 bits per heavy atom. The maximum atomic E-state index is 6.07. The van der Waals surface area contributed by atoms with Gasteiger partial charge in [-0.1, -0.05) is 17.7 Å². The quantitative estimate of drug-likeness (QED) is 0.771. The molecule has 0 atom stereocenters. The predicted octanol–water partition coefficient (Wildman–Crippen LogP) is 4.94. The van der Waals surface area contributed by atoms with E-state index in [0.717, 1.165) is 33.6 Å². The van der Waals surface area contributed by atoms with Gasteiger partial charge in [0.1, 0.15) is 0 Å². The fourth-order valence-electron chi connectivity index (χ4n) is 5.46. The van der Waals surface area contributed by atoms with Crippen molar-refractivity contribution in [2.75, 3.05) is 12.4 Å². The van der Waals surface area contributed by atoms with E-state index in [1.807, 2.05) is 24.3 Å². The van der Waals surface area contributed by atoms with E-state index >= 15 is 0 Å². The number of thiocarbonyl (C=S) groups is 1. The first-order chi connectivity index (χ1) is 10.5. The minimum Gasteiger partial charge on any atom is -0.346 e. The fourth-order valence-corrected chi connectivity index (χ4v) is 5.97. The lowest BCUT2D eigenvalue weighted by molar-refractivity contribution is -0.0538. The van der Waals surface area contributed by atoms with Gasteiger partial charge in [0.15, 0.2) is 5.11 Å². The Balaban J connectivity index is 1.51. The minimum absolute atomic E-state index is 0.303. The summed E-state index contributed by atoms with van der Waals surface area (Å²) in [6, 6.07) is 7.80. The highest BCUT2D eigenvalue weighted by molar-refractivity contribution is 7.80. The summed E-state index contributed by atoms with van der Waals surface area (Å²) in [5.74, 6) is 2.80. The SMILES string of the molecule is CN(C(=S)Nc1cccc(Cl)c1)C12CC3CC(CC(C3)C1)C2. The lowest BCUT2D eigenvalue weighted by Gasteiger charge is -2.60. The molecule has 0 unspecified atom stereocenters. The second-order valence-corrected chi connectivity index (χ2v) is 8.46. The van der Waals surface area contributed by atoms with Gasteiger partial charge in [-0.15, -0.1) is 0 Å². The second kappa shape index (κ2) is 5.38. The van der Waals surface area contributed by atoms with Crippen LogP contribution in [0.4, 0.5) is 5.69 Å². The molecule has 2 nitrogen and oxygen atoms in total. The van der Waals surface area contributed by atoms with E-state index in [1.54, 1.807) is 0 Å². The first-order valence-electron chi connectivity index (χ1n) is 8.34. The van der Waals surface area contributed by atoms with Gasteiger partial charge in [-0.25, -0.2) is 0 Å². The van der Waals surface area contributed by atoms with Crippen LogP contribution in [-0.2, 0) is 0 Å². The third-order valence-electron chi connectivity index (χ3n) is 6.10. The highest BCUT2D eigenvalue weighted by Crippen LogP contribution is 2.57. The molecule has 118 valence electrons. The van der Waals surface area contributed by atoms with E-state index in [9.17, 15) is 0 Å². The van der Waals surface area contributed by atoms with Crippen LogP contribution in [0.25, 0.3) is 0 Å². The first kappa shape index (κ1) is 14.8. The smallest absolute Gasteiger partial charge is 0.173 e. The fraction of sp³-hybridized carbons (Fsp3) is 0.611. The monoisotopic (exact) mass is 334 g/mol. The highest BCUT2D eigenvalue weighted by atomic mass is 35.5. The molecule has 0 amide bonds. The largest absolute Gasteiger partial charge is 0.346 e. The zero-order valence-electron chi connectivity index (χ0n) is 13.0. The van der Waals surface area contributed by atoms with E-state index < -0.39 is 0 Å². The molecule has 22 heavy (non-hydrogen) atoms. The number of nitrogens with zero attached hydrogens (tertiary/aromatic N) is 1. The summed E-state index contributed by atoms with van der Waals surface area (Å²) in [5, 5.41) is 4.96. The number of hydrogen-bond acceptors (Lipinski definition) is 1. The summed E-state index contributed by atoms with van der Waals surface area (Å²) >= 11 is 11.8. The Hall–Kier alpha value is -0.800. The average Bonchev–Trinajstić information content (AvgIpc) is 2.45. The van der Waals surface area contributed by atoms with Crippen molar-refractivity contribution in [1.29, 1.82) is 0 Å². The van der Waals surface area contributed by atoms with Crippen LogP contribution >= 0.6 is 23.8 Å². The van der Waals surface area contributed by atoms with Crippen LogP contribution in [-0.4, -0.2) is 22.6 Å². The van der Waals surface area contributed by atoms with E-state index in [1.165, 1.54) is 38.5 Å². The molecular formula is C18H23ClN2S. The molecule has 4 aliphatic rings. The zero-order chi connectivity index (χ0) is 15.3. The van der Waals surface area contributed by atoms with Crippen LogP contribution in [0.2, 0.25) is 5.02 Å². The molecule has 5 rings (SSSR count). The summed E-state index contributed by atoms with van der Waals surface area (Å²) < 4.78 is 0. The molecule has 4 aliphatic carbocycles. The molecule has 0 spiro atoms. The lowest BCUT2D eigenvalue weighted by Crippen LogP contribution is -2.60. The van der Waals surface area contributed by atoms with Crippen LogP contribution in [0.15, 0.2) is 24.3 Å². The number of hydrogen-bond donors (Lipinski definition) is 1. The van der Waals surface area contributed by atoms with Gasteiger partial charge in [-0.05, 0) is 86.7 Å². The van der Waals surface area contributed by atoms with Crippen molar-refractivity contribution in [1.82, 2.24) is 4.90 Å². The predicted molar refractivity (Wildman–Crippen MR) is 96.3 cm³/mol. The van der Waals surface area contributed by atoms with Gasteiger partial charge in [0.25, 0.3) is 0 Å². The maximum absolute atomic E-state index is 6.07.